The number of nitrogens with zero attached hydrogens (tertiary/aromatic N) is 5. The molecule has 0 radical (unpaired) electrons. The van der Waals surface area contributed by atoms with E-state index in [0.29, 0.717) is 56.6 Å². The van der Waals surface area contributed by atoms with Gasteiger partial charge in [-0.15, -0.1) is 0 Å². The second-order valence-corrected chi connectivity index (χ2v) is 9.56. The summed E-state index contributed by atoms with van der Waals surface area (Å²) in [6.07, 6.45) is 4.86. The lowest BCUT2D eigenvalue weighted by atomic mass is 10.0. The summed E-state index contributed by atoms with van der Waals surface area (Å²) in [6, 6.07) is 9.01. The lowest BCUT2D eigenvalue weighted by Crippen LogP contribution is -2.33. The maximum Gasteiger partial charge on any atom is 0.346 e. The number of imidazole rings is 1. The molecule has 2 aromatic carbocycles. The summed E-state index contributed by atoms with van der Waals surface area (Å²) in [6.45, 7) is 2.13. The summed E-state index contributed by atoms with van der Waals surface area (Å²) in [5, 5.41) is 7.63. The van der Waals surface area contributed by atoms with Crippen LogP contribution in [0.5, 0.6) is 0 Å². The molecule has 4 heterocycles. The van der Waals surface area contributed by atoms with E-state index >= 15 is 0 Å². The number of amides is 2. The van der Waals surface area contributed by atoms with Gasteiger partial charge in [0.15, 0.2) is 5.65 Å². The number of aryl methyl sites for hydroxylation is 1. The summed E-state index contributed by atoms with van der Waals surface area (Å²) in [5.41, 5.74) is 4.63. The Labute approximate surface area is 231 Å². The first-order valence-electron chi connectivity index (χ1n) is 12.2. The molecule has 1 aliphatic rings. The number of anilines is 3. The number of pyridine rings is 1. The molecule has 0 bridgehead atoms. The van der Waals surface area contributed by atoms with Gasteiger partial charge in [0, 0.05) is 35.6 Å². The Morgan fingerprint density at radius 3 is 2.75 bits per heavy atom. The summed E-state index contributed by atoms with van der Waals surface area (Å²) in [5.74, 6) is -0.967. The average molecular weight is 563 g/mol. The largest absolute Gasteiger partial charge is 0.346 e. The number of fused-ring (bicyclic) bond motifs is 1. The molecule has 6 rings (SSSR count). The molecular formula is C27H21ClF2N8O2. The third-order valence-corrected chi connectivity index (χ3v) is 6.66. The van der Waals surface area contributed by atoms with E-state index in [9.17, 15) is 13.6 Å². The van der Waals surface area contributed by atoms with Gasteiger partial charge in [-0.2, -0.15) is 5.06 Å². The van der Waals surface area contributed by atoms with E-state index < -0.39 is 23.7 Å². The minimum absolute atomic E-state index is 0.231. The van der Waals surface area contributed by atoms with Crippen LogP contribution in [0.2, 0.25) is 5.02 Å². The predicted octanol–water partition coefficient (Wildman–Crippen LogP) is 6.31. The quantitative estimate of drug-likeness (QED) is 0.229. The molecule has 1 aliphatic heterocycles. The van der Waals surface area contributed by atoms with Crippen molar-refractivity contribution in [1.29, 1.82) is 0 Å². The van der Waals surface area contributed by atoms with Crippen molar-refractivity contribution in [3.8, 4) is 11.3 Å². The molecule has 0 unspecified atom stereocenters. The number of urea groups is 1. The van der Waals surface area contributed by atoms with Crippen LogP contribution in [0.4, 0.5) is 30.8 Å². The standard InChI is InChI=1S/C27H21ClF2N8O2/c1-14-2-3-19(36-27(39)38-22(4-5-40-38)15-6-17(29)9-18(30)7-15)10-21(14)37-25-20(8-16(28)11-31-25)23-24-26(34-12-32-23)35-13-33-24/h2-3,6-13,22H,4-5H2,1H3,(H,31,37)(H,36,39)(H,32,33,34,35)/t22-/m1/s1. The number of H-pyrrole nitrogens is 1. The van der Waals surface area contributed by atoms with Crippen molar-refractivity contribution in [2.45, 2.75) is 19.4 Å². The molecule has 2 amide bonds. The van der Waals surface area contributed by atoms with Crippen LogP contribution in [0.25, 0.3) is 22.4 Å². The van der Waals surface area contributed by atoms with E-state index in [-0.39, 0.29) is 6.61 Å². The first-order chi connectivity index (χ1) is 19.4. The van der Waals surface area contributed by atoms with Gasteiger partial charge in [-0.3, -0.25) is 4.84 Å². The topological polar surface area (TPSA) is 121 Å². The van der Waals surface area contributed by atoms with Crippen LogP contribution < -0.4 is 10.6 Å². The van der Waals surface area contributed by atoms with E-state index in [0.717, 1.165) is 16.7 Å². The number of halogens is 3. The third-order valence-electron chi connectivity index (χ3n) is 6.45. The Balaban J connectivity index is 1.27. The molecule has 13 heteroatoms. The summed E-state index contributed by atoms with van der Waals surface area (Å²) < 4.78 is 27.6. The van der Waals surface area contributed by atoms with Gasteiger partial charge in [-0.05, 0) is 48.4 Å². The number of hydrogen-bond donors (Lipinski definition) is 3. The highest BCUT2D eigenvalue weighted by molar-refractivity contribution is 6.30. The van der Waals surface area contributed by atoms with Crippen LogP contribution in [0.1, 0.15) is 23.6 Å². The molecule has 3 N–H and O–H groups in total. The summed E-state index contributed by atoms with van der Waals surface area (Å²) in [7, 11) is 0. The number of aromatic amines is 1. The van der Waals surface area contributed by atoms with Gasteiger partial charge in [0.05, 0.1) is 24.0 Å². The number of nitrogens with one attached hydrogen (secondary N) is 3. The zero-order valence-electron chi connectivity index (χ0n) is 21.0. The second-order valence-electron chi connectivity index (χ2n) is 9.12. The Bertz CT molecular complexity index is 1730. The number of carbonyl (C=O) groups is 1. The fraction of sp³-hybridized carbons (Fsp3) is 0.148. The highest BCUT2D eigenvalue weighted by Crippen LogP contribution is 2.35. The fourth-order valence-electron chi connectivity index (χ4n) is 4.57. The molecule has 1 saturated heterocycles. The Hall–Kier alpha value is -4.68. The van der Waals surface area contributed by atoms with Crippen molar-refractivity contribution < 1.29 is 18.4 Å². The highest BCUT2D eigenvalue weighted by Gasteiger charge is 2.32. The first-order valence-corrected chi connectivity index (χ1v) is 12.6. The maximum atomic E-state index is 13.8. The lowest BCUT2D eigenvalue weighted by molar-refractivity contribution is -0.0830. The molecule has 202 valence electrons. The van der Waals surface area contributed by atoms with Crippen LogP contribution >= 0.6 is 11.6 Å². The number of hydrogen-bond acceptors (Lipinski definition) is 7. The van der Waals surface area contributed by atoms with Crippen molar-refractivity contribution >= 4 is 46.0 Å². The van der Waals surface area contributed by atoms with Gasteiger partial charge in [0.25, 0.3) is 0 Å². The van der Waals surface area contributed by atoms with Crippen molar-refractivity contribution in [3.05, 3.63) is 89.1 Å². The molecule has 0 spiro atoms. The zero-order chi connectivity index (χ0) is 27.8. The Morgan fingerprint density at radius 1 is 1.10 bits per heavy atom. The molecule has 1 atom stereocenters. The number of benzene rings is 2. The summed E-state index contributed by atoms with van der Waals surface area (Å²) in [4.78, 5) is 38.9. The van der Waals surface area contributed by atoms with E-state index in [1.54, 1.807) is 18.2 Å². The van der Waals surface area contributed by atoms with Crippen molar-refractivity contribution in [1.82, 2.24) is 30.0 Å². The maximum absolute atomic E-state index is 13.8. The minimum atomic E-state index is -0.720. The fourth-order valence-corrected chi connectivity index (χ4v) is 4.73. The number of hydroxylamine groups is 2. The van der Waals surface area contributed by atoms with Gasteiger partial charge >= 0.3 is 6.03 Å². The minimum Gasteiger partial charge on any atom is -0.341 e. The average Bonchev–Trinajstić information content (AvgIpc) is 3.61. The predicted molar refractivity (Wildman–Crippen MR) is 145 cm³/mol. The van der Waals surface area contributed by atoms with Crippen molar-refractivity contribution in [3.63, 3.8) is 0 Å². The van der Waals surface area contributed by atoms with Crippen molar-refractivity contribution in [2.24, 2.45) is 0 Å². The van der Waals surface area contributed by atoms with Gasteiger partial charge < -0.3 is 15.6 Å². The normalized spacial score (nSPS) is 15.0. The molecule has 1 fully saturated rings. The number of aromatic nitrogens is 5. The smallest absolute Gasteiger partial charge is 0.341 e. The van der Waals surface area contributed by atoms with Crippen LogP contribution in [0, 0.1) is 18.6 Å². The zero-order valence-corrected chi connectivity index (χ0v) is 21.7. The summed E-state index contributed by atoms with van der Waals surface area (Å²) >= 11 is 6.28. The molecule has 0 aliphatic carbocycles. The molecule has 3 aromatic heterocycles. The Kier molecular flexibility index (Phi) is 6.70. The monoisotopic (exact) mass is 562 g/mol. The van der Waals surface area contributed by atoms with Gasteiger partial charge in [-0.25, -0.2) is 33.5 Å². The molecule has 5 aromatic rings. The molecule has 10 nitrogen and oxygen atoms in total. The molecule has 0 saturated carbocycles. The van der Waals surface area contributed by atoms with E-state index in [1.807, 2.05) is 13.0 Å². The van der Waals surface area contributed by atoms with E-state index in [1.165, 1.54) is 31.0 Å². The first kappa shape index (κ1) is 25.6. The van der Waals surface area contributed by atoms with Gasteiger partial charge in [0.2, 0.25) is 0 Å². The SMILES string of the molecule is Cc1ccc(NC(=O)N2OCC[C@@H]2c2cc(F)cc(F)c2)cc1Nc1ncc(Cl)cc1-c1ncnc2nc[nH]c12. The van der Waals surface area contributed by atoms with Crippen LogP contribution in [0.15, 0.2) is 61.3 Å². The van der Waals surface area contributed by atoms with Gasteiger partial charge in [-0.1, -0.05) is 17.7 Å². The highest BCUT2D eigenvalue weighted by atomic mass is 35.5. The van der Waals surface area contributed by atoms with Gasteiger partial charge in [0.1, 0.15) is 35.0 Å². The van der Waals surface area contributed by atoms with Crippen LogP contribution in [0.3, 0.4) is 0 Å². The second kappa shape index (κ2) is 10.5. The molecular weight excluding hydrogens is 542 g/mol. The Morgan fingerprint density at radius 2 is 1.93 bits per heavy atom. The lowest BCUT2D eigenvalue weighted by Gasteiger charge is -2.23. The molecule has 40 heavy (non-hydrogen) atoms. The van der Waals surface area contributed by atoms with E-state index in [4.69, 9.17) is 16.4 Å². The number of carbonyl (C=O) groups excluding carboxylic acids is 1. The van der Waals surface area contributed by atoms with Crippen molar-refractivity contribution in [2.75, 3.05) is 17.2 Å². The third kappa shape index (κ3) is 5.01. The number of rotatable bonds is 5. The van der Waals surface area contributed by atoms with E-state index in [2.05, 4.69) is 35.6 Å². The van der Waals surface area contributed by atoms with Crippen LogP contribution in [-0.2, 0) is 4.84 Å². The van der Waals surface area contributed by atoms with Crippen LogP contribution in [-0.4, -0.2) is 42.6 Å².